The Balaban J connectivity index is 2.47. The molecule has 0 saturated heterocycles. The third-order valence-electron chi connectivity index (χ3n) is 2.31. The fourth-order valence-electron chi connectivity index (χ4n) is 1.45. The number of hydrogen-bond acceptors (Lipinski definition) is 5. The number of nitrogens with one attached hydrogen (secondary N) is 1. The summed E-state index contributed by atoms with van der Waals surface area (Å²) in [6.45, 7) is 2.58. The summed E-state index contributed by atoms with van der Waals surface area (Å²) in [7, 11) is 1.46. The maximum absolute atomic E-state index is 13.1. The molecule has 100 valence electrons. The maximum Gasteiger partial charge on any atom is 0.321 e. The van der Waals surface area contributed by atoms with Gasteiger partial charge in [0, 0.05) is 12.1 Å². The number of anilines is 1. The molecule has 0 aliphatic carbocycles. The first-order valence-electron chi connectivity index (χ1n) is 5.63. The Morgan fingerprint density at radius 1 is 1.32 bits per heavy atom. The van der Waals surface area contributed by atoms with Crippen molar-refractivity contribution in [3.8, 4) is 17.4 Å². The van der Waals surface area contributed by atoms with Crippen LogP contribution in [0.25, 0.3) is 11.4 Å². The molecule has 0 radical (unpaired) electrons. The zero-order valence-electron chi connectivity index (χ0n) is 10.4. The first kappa shape index (κ1) is 13.5. The second-order valence-electron chi connectivity index (χ2n) is 3.63. The predicted octanol–water partition coefficient (Wildman–Crippen LogP) is 2.77. The van der Waals surface area contributed by atoms with E-state index < -0.39 is 5.82 Å². The maximum atomic E-state index is 13.1. The SMILES string of the molecule is CCNc1nc(OC)nc(-c2ccc(F)c(Cl)c2)n1. The van der Waals surface area contributed by atoms with Crippen molar-refractivity contribution in [2.24, 2.45) is 0 Å². The van der Waals surface area contributed by atoms with Gasteiger partial charge in [-0.15, -0.1) is 0 Å². The van der Waals surface area contributed by atoms with E-state index in [9.17, 15) is 4.39 Å². The van der Waals surface area contributed by atoms with E-state index in [0.717, 1.165) is 0 Å². The van der Waals surface area contributed by atoms with Crippen molar-refractivity contribution in [1.82, 2.24) is 15.0 Å². The number of ether oxygens (including phenoxy) is 1. The van der Waals surface area contributed by atoms with Gasteiger partial charge in [0.25, 0.3) is 0 Å². The highest BCUT2D eigenvalue weighted by molar-refractivity contribution is 6.31. The lowest BCUT2D eigenvalue weighted by molar-refractivity contribution is 0.379. The molecule has 1 aromatic carbocycles. The second kappa shape index (κ2) is 5.79. The van der Waals surface area contributed by atoms with Gasteiger partial charge in [0.05, 0.1) is 12.1 Å². The molecule has 0 saturated carbocycles. The topological polar surface area (TPSA) is 59.9 Å². The van der Waals surface area contributed by atoms with Crippen LogP contribution in [0.3, 0.4) is 0 Å². The summed E-state index contributed by atoms with van der Waals surface area (Å²) in [4.78, 5) is 12.4. The molecule has 0 aliphatic rings. The Morgan fingerprint density at radius 3 is 2.74 bits per heavy atom. The van der Waals surface area contributed by atoms with Gasteiger partial charge in [-0.05, 0) is 25.1 Å². The molecule has 2 aromatic rings. The quantitative estimate of drug-likeness (QED) is 0.934. The van der Waals surface area contributed by atoms with Crippen LogP contribution in [0.15, 0.2) is 18.2 Å². The molecular formula is C12H12ClFN4O. The van der Waals surface area contributed by atoms with Crippen LogP contribution in [-0.2, 0) is 0 Å². The number of methoxy groups -OCH3 is 1. The normalized spacial score (nSPS) is 10.3. The average Bonchev–Trinajstić information content (AvgIpc) is 2.42. The monoisotopic (exact) mass is 282 g/mol. The van der Waals surface area contributed by atoms with Crippen LogP contribution >= 0.6 is 11.6 Å². The highest BCUT2D eigenvalue weighted by Crippen LogP contribution is 2.24. The Morgan fingerprint density at radius 2 is 2.11 bits per heavy atom. The lowest BCUT2D eigenvalue weighted by Gasteiger charge is -2.07. The third-order valence-corrected chi connectivity index (χ3v) is 2.60. The van der Waals surface area contributed by atoms with Crippen molar-refractivity contribution < 1.29 is 9.13 Å². The zero-order chi connectivity index (χ0) is 13.8. The van der Waals surface area contributed by atoms with Crippen LogP contribution in [-0.4, -0.2) is 28.6 Å². The van der Waals surface area contributed by atoms with Gasteiger partial charge >= 0.3 is 6.01 Å². The van der Waals surface area contributed by atoms with Gasteiger partial charge in [-0.1, -0.05) is 11.6 Å². The molecule has 0 amide bonds. The highest BCUT2D eigenvalue weighted by atomic mass is 35.5. The minimum atomic E-state index is -0.488. The predicted molar refractivity (Wildman–Crippen MR) is 70.9 cm³/mol. The number of rotatable bonds is 4. The lowest BCUT2D eigenvalue weighted by atomic mass is 10.2. The standard InChI is InChI=1S/C12H12ClFN4O/c1-3-15-11-16-10(17-12(18-11)19-2)7-4-5-9(14)8(13)6-7/h4-6H,3H2,1-2H3,(H,15,16,17,18). The van der Waals surface area contributed by atoms with E-state index in [1.165, 1.54) is 19.2 Å². The Labute approximate surface area is 114 Å². The van der Waals surface area contributed by atoms with Crippen molar-refractivity contribution in [3.63, 3.8) is 0 Å². The van der Waals surface area contributed by atoms with Crippen molar-refractivity contribution in [2.75, 3.05) is 19.0 Å². The van der Waals surface area contributed by atoms with Crippen LogP contribution < -0.4 is 10.1 Å². The molecule has 2 rings (SSSR count). The molecule has 5 nitrogen and oxygen atoms in total. The summed E-state index contributed by atoms with van der Waals surface area (Å²) in [5, 5.41) is 2.98. The second-order valence-corrected chi connectivity index (χ2v) is 4.04. The largest absolute Gasteiger partial charge is 0.467 e. The molecule has 0 aliphatic heterocycles. The minimum Gasteiger partial charge on any atom is -0.467 e. The summed E-state index contributed by atoms with van der Waals surface area (Å²) < 4.78 is 18.1. The summed E-state index contributed by atoms with van der Waals surface area (Å²) in [6.07, 6.45) is 0. The average molecular weight is 283 g/mol. The van der Waals surface area contributed by atoms with Gasteiger partial charge in [-0.3, -0.25) is 0 Å². The van der Waals surface area contributed by atoms with Gasteiger partial charge in [0.15, 0.2) is 5.82 Å². The zero-order valence-corrected chi connectivity index (χ0v) is 11.2. The van der Waals surface area contributed by atoms with E-state index in [1.807, 2.05) is 6.92 Å². The first-order valence-corrected chi connectivity index (χ1v) is 6.01. The van der Waals surface area contributed by atoms with Gasteiger partial charge in [-0.25, -0.2) is 4.39 Å². The van der Waals surface area contributed by atoms with E-state index in [2.05, 4.69) is 20.3 Å². The molecule has 0 fully saturated rings. The Bertz CT molecular complexity index is 594. The molecule has 0 bridgehead atoms. The molecule has 0 atom stereocenters. The van der Waals surface area contributed by atoms with Crippen LogP contribution in [0.2, 0.25) is 5.02 Å². The number of nitrogens with zero attached hydrogens (tertiary/aromatic N) is 3. The number of halogens is 2. The minimum absolute atomic E-state index is 0.0156. The van der Waals surface area contributed by atoms with Gasteiger partial charge in [-0.2, -0.15) is 15.0 Å². The summed E-state index contributed by atoms with van der Waals surface area (Å²) in [5.74, 6) is 0.271. The molecule has 1 aromatic heterocycles. The number of aromatic nitrogens is 3. The van der Waals surface area contributed by atoms with E-state index in [1.54, 1.807) is 6.07 Å². The fourth-order valence-corrected chi connectivity index (χ4v) is 1.63. The fraction of sp³-hybridized carbons (Fsp3) is 0.250. The van der Waals surface area contributed by atoms with Crippen LogP contribution in [0, 0.1) is 5.82 Å². The molecule has 1 heterocycles. The van der Waals surface area contributed by atoms with Crippen molar-refractivity contribution in [2.45, 2.75) is 6.92 Å². The van der Waals surface area contributed by atoms with Crippen LogP contribution in [0.1, 0.15) is 6.92 Å². The van der Waals surface area contributed by atoms with E-state index in [4.69, 9.17) is 16.3 Å². The van der Waals surface area contributed by atoms with Gasteiger partial charge in [0.2, 0.25) is 5.95 Å². The van der Waals surface area contributed by atoms with E-state index in [0.29, 0.717) is 23.9 Å². The van der Waals surface area contributed by atoms with Crippen LogP contribution in [0.4, 0.5) is 10.3 Å². The Hall–Kier alpha value is -1.95. The third kappa shape index (κ3) is 3.08. The molecule has 0 unspecified atom stereocenters. The summed E-state index contributed by atoms with van der Waals surface area (Å²) >= 11 is 5.75. The molecule has 7 heteroatoms. The lowest BCUT2D eigenvalue weighted by Crippen LogP contribution is -2.06. The number of benzene rings is 1. The molecular weight excluding hydrogens is 271 g/mol. The first-order chi connectivity index (χ1) is 9.13. The van der Waals surface area contributed by atoms with E-state index >= 15 is 0 Å². The van der Waals surface area contributed by atoms with Gasteiger partial charge in [0.1, 0.15) is 5.82 Å². The van der Waals surface area contributed by atoms with Gasteiger partial charge < -0.3 is 10.1 Å². The number of hydrogen-bond donors (Lipinski definition) is 1. The smallest absolute Gasteiger partial charge is 0.321 e. The summed E-state index contributed by atoms with van der Waals surface area (Å²) in [5.41, 5.74) is 0.589. The van der Waals surface area contributed by atoms with Crippen molar-refractivity contribution in [3.05, 3.63) is 29.0 Å². The Kier molecular flexibility index (Phi) is 4.11. The summed E-state index contributed by atoms with van der Waals surface area (Å²) in [6, 6.07) is 4.45. The van der Waals surface area contributed by atoms with Crippen LogP contribution in [0.5, 0.6) is 6.01 Å². The van der Waals surface area contributed by atoms with Crippen molar-refractivity contribution >= 4 is 17.5 Å². The van der Waals surface area contributed by atoms with E-state index in [-0.39, 0.29) is 11.0 Å². The highest BCUT2D eigenvalue weighted by Gasteiger charge is 2.10. The molecule has 0 spiro atoms. The van der Waals surface area contributed by atoms with Crippen molar-refractivity contribution in [1.29, 1.82) is 0 Å². The molecule has 19 heavy (non-hydrogen) atoms. The molecule has 1 N–H and O–H groups in total.